The molecule has 15 heavy (non-hydrogen) atoms. The van der Waals surface area contributed by atoms with Gasteiger partial charge in [-0.05, 0) is 31.5 Å². The Morgan fingerprint density at radius 1 is 1.13 bits per heavy atom. The number of halogens is 1. The van der Waals surface area contributed by atoms with Crippen molar-refractivity contribution in [3.8, 4) is 11.1 Å². The van der Waals surface area contributed by atoms with Gasteiger partial charge in [-0.3, -0.25) is 4.68 Å². The molecule has 0 amide bonds. The third kappa shape index (κ3) is 2.21. The lowest BCUT2D eigenvalue weighted by molar-refractivity contribution is 0.532. The van der Waals surface area contributed by atoms with E-state index in [1.807, 2.05) is 41.3 Å². The summed E-state index contributed by atoms with van der Waals surface area (Å²) >= 11 is 5.83. The monoisotopic (exact) mass is 220 g/mol. The van der Waals surface area contributed by atoms with Gasteiger partial charge in [-0.15, -0.1) is 0 Å². The summed E-state index contributed by atoms with van der Waals surface area (Å²) in [4.78, 5) is 0. The maximum atomic E-state index is 5.83. The first kappa shape index (κ1) is 10.2. The van der Waals surface area contributed by atoms with Crippen molar-refractivity contribution in [2.45, 2.75) is 19.9 Å². The predicted molar refractivity (Wildman–Crippen MR) is 63.1 cm³/mol. The van der Waals surface area contributed by atoms with Gasteiger partial charge in [0.25, 0.3) is 0 Å². The molecule has 2 nitrogen and oxygen atoms in total. The summed E-state index contributed by atoms with van der Waals surface area (Å²) in [6.07, 6.45) is 3.93. The highest BCUT2D eigenvalue weighted by Gasteiger charge is 2.03. The summed E-state index contributed by atoms with van der Waals surface area (Å²) in [5, 5.41) is 5.06. The highest BCUT2D eigenvalue weighted by atomic mass is 35.5. The fourth-order valence-electron chi connectivity index (χ4n) is 1.41. The molecule has 0 saturated heterocycles. The average molecular weight is 221 g/mol. The predicted octanol–water partition coefficient (Wildman–Crippen LogP) is 3.78. The summed E-state index contributed by atoms with van der Waals surface area (Å²) in [5.41, 5.74) is 2.27. The van der Waals surface area contributed by atoms with Gasteiger partial charge in [-0.25, -0.2) is 0 Å². The van der Waals surface area contributed by atoms with Crippen molar-refractivity contribution < 1.29 is 0 Å². The van der Waals surface area contributed by atoms with Gasteiger partial charge >= 0.3 is 0 Å². The Morgan fingerprint density at radius 2 is 1.80 bits per heavy atom. The Hall–Kier alpha value is -1.28. The van der Waals surface area contributed by atoms with Gasteiger partial charge in [0.1, 0.15) is 0 Å². The molecule has 0 spiro atoms. The molecule has 1 heterocycles. The first-order valence-corrected chi connectivity index (χ1v) is 5.34. The second-order valence-corrected chi connectivity index (χ2v) is 4.25. The van der Waals surface area contributed by atoms with Gasteiger partial charge in [0.2, 0.25) is 0 Å². The molecular formula is C12H13ClN2. The Labute approximate surface area is 94.5 Å². The number of aromatic nitrogens is 2. The van der Waals surface area contributed by atoms with E-state index in [-0.39, 0.29) is 0 Å². The van der Waals surface area contributed by atoms with Crippen LogP contribution < -0.4 is 0 Å². The SMILES string of the molecule is CC(C)n1cc(-c2ccc(Cl)cc2)cn1. The van der Waals surface area contributed by atoms with Crippen LogP contribution in [0, 0.1) is 0 Å². The number of rotatable bonds is 2. The smallest absolute Gasteiger partial charge is 0.0568 e. The molecule has 1 aromatic heterocycles. The van der Waals surface area contributed by atoms with Crippen molar-refractivity contribution >= 4 is 11.6 Å². The van der Waals surface area contributed by atoms with Gasteiger partial charge in [-0.2, -0.15) is 5.10 Å². The van der Waals surface area contributed by atoms with Crippen LogP contribution in [-0.2, 0) is 0 Å². The maximum absolute atomic E-state index is 5.83. The first-order valence-electron chi connectivity index (χ1n) is 4.97. The van der Waals surface area contributed by atoms with Crippen molar-refractivity contribution in [3.05, 3.63) is 41.7 Å². The minimum Gasteiger partial charge on any atom is -0.270 e. The van der Waals surface area contributed by atoms with Crippen LogP contribution in [0.4, 0.5) is 0 Å². The molecule has 78 valence electrons. The summed E-state index contributed by atoms with van der Waals surface area (Å²) in [6.45, 7) is 4.22. The molecule has 0 aliphatic heterocycles. The molecule has 0 aliphatic carbocycles. The van der Waals surface area contributed by atoms with Gasteiger partial charge in [0, 0.05) is 22.8 Å². The van der Waals surface area contributed by atoms with E-state index in [1.54, 1.807) is 0 Å². The van der Waals surface area contributed by atoms with E-state index in [9.17, 15) is 0 Å². The zero-order chi connectivity index (χ0) is 10.8. The summed E-state index contributed by atoms with van der Waals surface area (Å²) in [6, 6.07) is 8.19. The van der Waals surface area contributed by atoms with Gasteiger partial charge in [-0.1, -0.05) is 23.7 Å². The number of hydrogen-bond acceptors (Lipinski definition) is 1. The Kier molecular flexibility index (Phi) is 2.78. The van der Waals surface area contributed by atoms with Crippen LogP contribution in [0.2, 0.25) is 5.02 Å². The van der Waals surface area contributed by atoms with Crippen molar-refractivity contribution in [3.63, 3.8) is 0 Å². The van der Waals surface area contributed by atoms with Crippen LogP contribution in [0.3, 0.4) is 0 Å². The van der Waals surface area contributed by atoms with Crippen LogP contribution in [-0.4, -0.2) is 9.78 Å². The Morgan fingerprint density at radius 3 is 2.33 bits per heavy atom. The lowest BCUT2D eigenvalue weighted by Crippen LogP contribution is -1.99. The molecule has 0 fully saturated rings. The lowest BCUT2D eigenvalue weighted by atomic mass is 10.1. The van der Waals surface area contributed by atoms with Crippen LogP contribution in [0.5, 0.6) is 0 Å². The highest BCUT2D eigenvalue weighted by Crippen LogP contribution is 2.21. The van der Waals surface area contributed by atoms with Crippen LogP contribution in [0.1, 0.15) is 19.9 Å². The maximum Gasteiger partial charge on any atom is 0.0568 e. The van der Waals surface area contributed by atoms with Gasteiger partial charge < -0.3 is 0 Å². The quantitative estimate of drug-likeness (QED) is 0.753. The molecule has 0 saturated carbocycles. The fraction of sp³-hybridized carbons (Fsp3) is 0.250. The van der Waals surface area contributed by atoms with E-state index in [2.05, 4.69) is 18.9 Å². The minimum atomic E-state index is 0.394. The topological polar surface area (TPSA) is 17.8 Å². The van der Waals surface area contributed by atoms with E-state index < -0.39 is 0 Å². The van der Waals surface area contributed by atoms with Crippen molar-refractivity contribution in [1.29, 1.82) is 0 Å². The molecule has 0 unspecified atom stereocenters. The van der Waals surface area contributed by atoms with E-state index in [0.717, 1.165) is 16.1 Å². The lowest BCUT2D eigenvalue weighted by Gasteiger charge is -2.03. The second-order valence-electron chi connectivity index (χ2n) is 3.81. The van der Waals surface area contributed by atoms with Crippen LogP contribution in [0.15, 0.2) is 36.7 Å². The molecule has 0 radical (unpaired) electrons. The summed E-state index contributed by atoms with van der Waals surface area (Å²) < 4.78 is 1.95. The Bertz CT molecular complexity index is 443. The van der Waals surface area contributed by atoms with E-state index in [4.69, 9.17) is 11.6 Å². The normalized spacial score (nSPS) is 10.9. The molecule has 0 atom stereocenters. The van der Waals surface area contributed by atoms with E-state index >= 15 is 0 Å². The van der Waals surface area contributed by atoms with Crippen molar-refractivity contribution in [2.75, 3.05) is 0 Å². The minimum absolute atomic E-state index is 0.394. The fourth-order valence-corrected chi connectivity index (χ4v) is 1.54. The number of benzene rings is 1. The molecule has 3 heteroatoms. The zero-order valence-electron chi connectivity index (χ0n) is 8.81. The molecular weight excluding hydrogens is 208 g/mol. The van der Waals surface area contributed by atoms with Crippen LogP contribution in [0.25, 0.3) is 11.1 Å². The molecule has 0 N–H and O–H groups in total. The van der Waals surface area contributed by atoms with Crippen LogP contribution >= 0.6 is 11.6 Å². The number of hydrogen-bond donors (Lipinski definition) is 0. The first-order chi connectivity index (χ1) is 7.16. The molecule has 0 aliphatic rings. The zero-order valence-corrected chi connectivity index (χ0v) is 9.57. The van der Waals surface area contributed by atoms with Crippen molar-refractivity contribution in [2.24, 2.45) is 0 Å². The molecule has 1 aromatic carbocycles. The van der Waals surface area contributed by atoms with Gasteiger partial charge in [0.05, 0.1) is 6.20 Å². The second kappa shape index (κ2) is 4.07. The summed E-state index contributed by atoms with van der Waals surface area (Å²) in [5.74, 6) is 0. The average Bonchev–Trinajstić information content (AvgIpc) is 2.68. The largest absolute Gasteiger partial charge is 0.270 e. The third-order valence-corrected chi connectivity index (χ3v) is 2.56. The molecule has 0 bridgehead atoms. The van der Waals surface area contributed by atoms with Gasteiger partial charge in [0.15, 0.2) is 0 Å². The standard InChI is InChI=1S/C12H13ClN2/c1-9(2)15-8-11(7-14-15)10-3-5-12(13)6-4-10/h3-9H,1-2H3. The molecule has 2 rings (SSSR count). The van der Waals surface area contributed by atoms with E-state index in [1.165, 1.54) is 0 Å². The highest BCUT2D eigenvalue weighted by molar-refractivity contribution is 6.30. The van der Waals surface area contributed by atoms with E-state index in [0.29, 0.717) is 6.04 Å². The molecule has 2 aromatic rings. The number of nitrogens with zero attached hydrogens (tertiary/aromatic N) is 2. The van der Waals surface area contributed by atoms with Crippen molar-refractivity contribution in [1.82, 2.24) is 9.78 Å². The Balaban J connectivity index is 2.33. The third-order valence-electron chi connectivity index (χ3n) is 2.31. The summed E-state index contributed by atoms with van der Waals surface area (Å²) in [7, 11) is 0.